The van der Waals surface area contributed by atoms with Crippen molar-refractivity contribution < 1.29 is 9.84 Å². The number of ether oxygens (including phenoxy) is 1. The Labute approximate surface area is 120 Å². The predicted molar refractivity (Wildman–Crippen MR) is 82.1 cm³/mol. The molecule has 0 spiro atoms. The molecule has 2 N–H and O–H groups in total. The first kappa shape index (κ1) is 14.4. The number of nitrogens with one attached hydrogen (secondary N) is 1. The van der Waals surface area contributed by atoms with Gasteiger partial charge in [0, 0.05) is 24.9 Å². The highest BCUT2D eigenvalue weighted by Crippen LogP contribution is 2.24. The summed E-state index contributed by atoms with van der Waals surface area (Å²) in [6.45, 7) is 5.16. The number of benzene rings is 2. The molecule has 3 heteroatoms. The average Bonchev–Trinajstić information content (AvgIpc) is 2.44. The zero-order chi connectivity index (χ0) is 14.5. The fourth-order valence-corrected chi connectivity index (χ4v) is 2.32. The average molecular weight is 271 g/mol. The van der Waals surface area contributed by atoms with Crippen molar-refractivity contribution in [2.75, 3.05) is 12.4 Å². The molecule has 106 valence electrons. The highest BCUT2D eigenvalue weighted by atomic mass is 16.5. The van der Waals surface area contributed by atoms with E-state index in [9.17, 15) is 5.11 Å². The smallest absolute Gasteiger partial charge is 0.121 e. The number of rotatable bonds is 5. The van der Waals surface area contributed by atoms with E-state index in [2.05, 4.69) is 17.4 Å². The van der Waals surface area contributed by atoms with Crippen LogP contribution in [0.1, 0.15) is 22.3 Å². The normalized spacial score (nSPS) is 10.6. The first-order valence-corrected chi connectivity index (χ1v) is 6.71. The second-order valence-corrected chi connectivity index (χ2v) is 5.02. The monoisotopic (exact) mass is 271 g/mol. The van der Waals surface area contributed by atoms with E-state index in [4.69, 9.17) is 4.74 Å². The van der Waals surface area contributed by atoms with Gasteiger partial charge >= 0.3 is 0 Å². The van der Waals surface area contributed by atoms with Crippen molar-refractivity contribution in [3.8, 4) is 5.75 Å². The van der Waals surface area contributed by atoms with Crippen LogP contribution >= 0.6 is 0 Å². The number of phenolic OH excluding ortho intramolecular Hbond substituents is 1. The molecule has 0 radical (unpaired) electrons. The summed E-state index contributed by atoms with van der Waals surface area (Å²) in [5.74, 6) is 0.383. The van der Waals surface area contributed by atoms with Crippen LogP contribution in [0.5, 0.6) is 5.75 Å². The van der Waals surface area contributed by atoms with Crippen molar-refractivity contribution in [3.05, 3.63) is 58.7 Å². The molecule has 2 aromatic carbocycles. The van der Waals surface area contributed by atoms with Gasteiger partial charge in [-0.05, 0) is 36.6 Å². The van der Waals surface area contributed by atoms with Gasteiger partial charge in [-0.15, -0.1) is 0 Å². The maximum atomic E-state index is 9.79. The van der Waals surface area contributed by atoms with E-state index in [1.54, 1.807) is 7.11 Å². The van der Waals surface area contributed by atoms with Crippen LogP contribution in [-0.2, 0) is 17.9 Å². The molecule has 0 bridgehead atoms. The van der Waals surface area contributed by atoms with Crippen molar-refractivity contribution in [1.82, 2.24) is 0 Å². The Hall–Kier alpha value is -2.00. The SMILES string of the molecule is COCc1ccccc1NCc1cc(C)c(O)c(C)c1. The lowest BCUT2D eigenvalue weighted by molar-refractivity contribution is 0.185. The van der Waals surface area contributed by atoms with Crippen LogP contribution in [0.25, 0.3) is 0 Å². The third-order valence-electron chi connectivity index (χ3n) is 3.35. The quantitative estimate of drug-likeness (QED) is 0.870. The minimum atomic E-state index is 0.383. The largest absolute Gasteiger partial charge is 0.507 e. The van der Waals surface area contributed by atoms with E-state index in [-0.39, 0.29) is 0 Å². The van der Waals surface area contributed by atoms with Gasteiger partial charge in [-0.25, -0.2) is 0 Å². The number of aryl methyl sites for hydroxylation is 2. The topological polar surface area (TPSA) is 41.5 Å². The lowest BCUT2D eigenvalue weighted by Gasteiger charge is -2.13. The van der Waals surface area contributed by atoms with Crippen molar-refractivity contribution >= 4 is 5.69 Å². The summed E-state index contributed by atoms with van der Waals surface area (Å²) >= 11 is 0. The standard InChI is InChI=1S/C17H21NO2/c1-12-8-14(9-13(2)17(12)19)10-18-16-7-5-4-6-15(16)11-20-3/h4-9,18-19H,10-11H2,1-3H3. The molecule has 3 nitrogen and oxygen atoms in total. The summed E-state index contributed by atoms with van der Waals surface area (Å²) in [6, 6.07) is 12.1. The maximum Gasteiger partial charge on any atom is 0.121 e. The number of aromatic hydroxyl groups is 1. The van der Waals surface area contributed by atoms with Crippen molar-refractivity contribution in [2.24, 2.45) is 0 Å². The van der Waals surface area contributed by atoms with Gasteiger partial charge in [0.05, 0.1) is 6.61 Å². The fourth-order valence-electron chi connectivity index (χ4n) is 2.32. The van der Waals surface area contributed by atoms with E-state index in [0.29, 0.717) is 12.4 Å². The first-order chi connectivity index (χ1) is 9.61. The molecule has 2 aromatic rings. The van der Waals surface area contributed by atoms with E-state index in [0.717, 1.165) is 34.5 Å². The second kappa shape index (κ2) is 6.44. The third kappa shape index (κ3) is 3.31. The van der Waals surface area contributed by atoms with Gasteiger partial charge in [-0.1, -0.05) is 30.3 Å². The lowest BCUT2D eigenvalue weighted by Crippen LogP contribution is -2.03. The van der Waals surface area contributed by atoms with Gasteiger partial charge in [0.15, 0.2) is 0 Å². The Bertz CT molecular complexity index is 570. The number of hydrogen-bond acceptors (Lipinski definition) is 3. The molecule has 0 heterocycles. The molecule has 0 aliphatic heterocycles. The van der Waals surface area contributed by atoms with Gasteiger partial charge in [-0.2, -0.15) is 0 Å². The highest BCUT2D eigenvalue weighted by molar-refractivity contribution is 5.52. The molecule has 2 rings (SSSR count). The lowest BCUT2D eigenvalue weighted by atomic mass is 10.1. The van der Waals surface area contributed by atoms with Gasteiger partial charge in [0.2, 0.25) is 0 Å². The third-order valence-corrected chi connectivity index (χ3v) is 3.35. The Kier molecular flexibility index (Phi) is 4.64. The summed E-state index contributed by atoms with van der Waals surface area (Å²) in [6.07, 6.45) is 0. The van der Waals surface area contributed by atoms with E-state index in [1.807, 2.05) is 38.1 Å². The summed E-state index contributed by atoms with van der Waals surface area (Å²) in [4.78, 5) is 0. The molecule has 0 aromatic heterocycles. The predicted octanol–water partition coefficient (Wildman–Crippen LogP) is 3.77. The summed E-state index contributed by atoms with van der Waals surface area (Å²) < 4.78 is 5.20. The molecule has 0 unspecified atom stereocenters. The van der Waals surface area contributed by atoms with Crippen molar-refractivity contribution in [1.29, 1.82) is 0 Å². The Morgan fingerprint density at radius 1 is 1.10 bits per heavy atom. The zero-order valence-electron chi connectivity index (χ0n) is 12.2. The Morgan fingerprint density at radius 2 is 1.75 bits per heavy atom. The van der Waals surface area contributed by atoms with Crippen LogP contribution in [0.4, 0.5) is 5.69 Å². The second-order valence-electron chi connectivity index (χ2n) is 5.02. The van der Waals surface area contributed by atoms with E-state index < -0.39 is 0 Å². The molecule has 0 fully saturated rings. The number of anilines is 1. The number of methoxy groups -OCH3 is 1. The van der Waals surface area contributed by atoms with Crippen molar-refractivity contribution in [2.45, 2.75) is 27.0 Å². The minimum Gasteiger partial charge on any atom is -0.507 e. The van der Waals surface area contributed by atoms with E-state index in [1.165, 1.54) is 0 Å². The van der Waals surface area contributed by atoms with Crippen LogP contribution in [0.3, 0.4) is 0 Å². The van der Waals surface area contributed by atoms with Crippen LogP contribution in [-0.4, -0.2) is 12.2 Å². The zero-order valence-corrected chi connectivity index (χ0v) is 12.2. The summed E-state index contributed by atoms with van der Waals surface area (Å²) in [5.41, 5.74) is 5.20. The molecule has 0 saturated carbocycles. The van der Waals surface area contributed by atoms with Gasteiger partial charge < -0.3 is 15.2 Å². The molecular weight excluding hydrogens is 250 g/mol. The van der Waals surface area contributed by atoms with Gasteiger partial charge in [-0.3, -0.25) is 0 Å². The van der Waals surface area contributed by atoms with Crippen molar-refractivity contribution in [3.63, 3.8) is 0 Å². The van der Waals surface area contributed by atoms with E-state index >= 15 is 0 Å². The molecule has 20 heavy (non-hydrogen) atoms. The van der Waals surface area contributed by atoms with Gasteiger partial charge in [0.1, 0.15) is 5.75 Å². The molecule has 0 atom stereocenters. The maximum absolute atomic E-state index is 9.79. The molecule has 0 aliphatic rings. The molecule has 0 aliphatic carbocycles. The van der Waals surface area contributed by atoms with Crippen LogP contribution < -0.4 is 5.32 Å². The van der Waals surface area contributed by atoms with Gasteiger partial charge in [0.25, 0.3) is 0 Å². The summed E-state index contributed by atoms with van der Waals surface area (Å²) in [5, 5.41) is 13.2. The number of hydrogen-bond donors (Lipinski definition) is 2. The van der Waals surface area contributed by atoms with Crippen LogP contribution in [0.15, 0.2) is 36.4 Å². The van der Waals surface area contributed by atoms with Crippen LogP contribution in [0.2, 0.25) is 0 Å². The molecular formula is C17H21NO2. The molecule has 0 amide bonds. The fraction of sp³-hybridized carbons (Fsp3) is 0.294. The number of para-hydroxylation sites is 1. The highest BCUT2D eigenvalue weighted by Gasteiger charge is 2.05. The Balaban J connectivity index is 2.13. The minimum absolute atomic E-state index is 0.383. The Morgan fingerprint density at radius 3 is 2.40 bits per heavy atom. The number of phenols is 1. The first-order valence-electron chi connectivity index (χ1n) is 6.71. The van der Waals surface area contributed by atoms with Crippen LogP contribution in [0, 0.1) is 13.8 Å². The molecule has 0 saturated heterocycles. The summed E-state index contributed by atoms with van der Waals surface area (Å²) in [7, 11) is 1.70.